The van der Waals surface area contributed by atoms with Gasteiger partial charge in [0.15, 0.2) is 0 Å². The van der Waals surface area contributed by atoms with Crippen LogP contribution in [0.2, 0.25) is 0 Å². The van der Waals surface area contributed by atoms with Gasteiger partial charge in [-0.15, -0.1) is 13.2 Å². The van der Waals surface area contributed by atoms with E-state index in [-0.39, 0.29) is 16.6 Å². The Morgan fingerprint density at radius 3 is 2.58 bits per heavy atom. The number of nitrogens with zero attached hydrogens (tertiary/aromatic N) is 1. The molecule has 0 fully saturated rings. The number of hydrogen-bond acceptors (Lipinski definition) is 4. The van der Waals surface area contributed by atoms with Crippen LogP contribution in [-0.4, -0.2) is 18.9 Å². The highest BCUT2D eigenvalue weighted by molar-refractivity contribution is 9.10. The summed E-state index contributed by atoms with van der Waals surface area (Å²) in [7, 11) is 0. The summed E-state index contributed by atoms with van der Waals surface area (Å²) in [5.41, 5.74) is -0.462. The smallest absolute Gasteiger partial charge is 0.462 e. The molecule has 0 aliphatic heterocycles. The molecule has 0 saturated carbocycles. The standard InChI is InChI=1S/C11H7BrF3NO3/c1-2-18-10(17)7-3-6(5-16)8(12)4-9(7)19-11(13,14)15/h3-4H,2H2,1H3. The molecule has 0 aliphatic carbocycles. The average molecular weight is 338 g/mol. The number of nitriles is 1. The first-order chi connectivity index (χ1) is 8.78. The molecule has 0 unspecified atom stereocenters. The van der Waals surface area contributed by atoms with E-state index in [4.69, 9.17) is 5.26 Å². The molecule has 0 bridgehead atoms. The summed E-state index contributed by atoms with van der Waals surface area (Å²) in [6.07, 6.45) is -4.95. The molecule has 0 N–H and O–H groups in total. The van der Waals surface area contributed by atoms with Crippen molar-refractivity contribution >= 4 is 21.9 Å². The van der Waals surface area contributed by atoms with Crippen LogP contribution in [0.15, 0.2) is 16.6 Å². The molecule has 1 aromatic carbocycles. The Kier molecular flexibility index (Phi) is 4.78. The van der Waals surface area contributed by atoms with Crippen molar-refractivity contribution in [1.82, 2.24) is 0 Å². The summed E-state index contributed by atoms with van der Waals surface area (Å²) in [5.74, 6) is -1.72. The maximum absolute atomic E-state index is 12.2. The van der Waals surface area contributed by atoms with Gasteiger partial charge in [0.1, 0.15) is 17.4 Å². The van der Waals surface area contributed by atoms with Crippen molar-refractivity contribution in [3.8, 4) is 11.8 Å². The third-order valence-corrected chi connectivity index (χ3v) is 2.57. The van der Waals surface area contributed by atoms with Crippen LogP contribution in [0.3, 0.4) is 0 Å². The van der Waals surface area contributed by atoms with Gasteiger partial charge in [0.2, 0.25) is 0 Å². The van der Waals surface area contributed by atoms with Crippen molar-refractivity contribution in [3.63, 3.8) is 0 Å². The van der Waals surface area contributed by atoms with Gasteiger partial charge in [-0.3, -0.25) is 0 Å². The molecule has 0 aromatic heterocycles. The van der Waals surface area contributed by atoms with Gasteiger partial charge in [-0.25, -0.2) is 4.79 Å². The number of rotatable bonds is 3. The Morgan fingerprint density at radius 1 is 1.47 bits per heavy atom. The van der Waals surface area contributed by atoms with E-state index in [0.717, 1.165) is 12.1 Å². The molecule has 0 radical (unpaired) electrons. The van der Waals surface area contributed by atoms with Crippen LogP contribution >= 0.6 is 15.9 Å². The molecule has 0 spiro atoms. The monoisotopic (exact) mass is 337 g/mol. The number of carbonyl (C=O) groups excluding carboxylic acids is 1. The van der Waals surface area contributed by atoms with Gasteiger partial charge in [-0.05, 0) is 35.0 Å². The summed E-state index contributed by atoms with van der Waals surface area (Å²) >= 11 is 2.92. The van der Waals surface area contributed by atoms with E-state index >= 15 is 0 Å². The van der Waals surface area contributed by atoms with E-state index in [2.05, 4.69) is 25.4 Å². The molecule has 0 aliphatic rings. The second kappa shape index (κ2) is 5.93. The lowest BCUT2D eigenvalue weighted by Gasteiger charge is -2.13. The fourth-order valence-corrected chi connectivity index (χ4v) is 1.63. The molecular weight excluding hydrogens is 331 g/mol. The Morgan fingerprint density at radius 2 is 2.11 bits per heavy atom. The van der Waals surface area contributed by atoms with Crippen molar-refractivity contribution in [2.75, 3.05) is 6.61 Å². The van der Waals surface area contributed by atoms with E-state index < -0.39 is 23.6 Å². The first kappa shape index (κ1) is 15.3. The molecule has 102 valence electrons. The van der Waals surface area contributed by atoms with Crippen molar-refractivity contribution in [1.29, 1.82) is 5.26 Å². The van der Waals surface area contributed by atoms with Crippen LogP contribution < -0.4 is 4.74 Å². The van der Waals surface area contributed by atoms with E-state index in [1.54, 1.807) is 6.07 Å². The molecule has 1 rings (SSSR count). The van der Waals surface area contributed by atoms with Gasteiger partial charge in [-0.2, -0.15) is 5.26 Å². The van der Waals surface area contributed by atoms with Gasteiger partial charge < -0.3 is 9.47 Å². The Labute approximate surface area is 114 Å². The minimum absolute atomic E-state index is 0.00224. The second-order valence-corrected chi connectivity index (χ2v) is 4.06. The second-order valence-electron chi connectivity index (χ2n) is 3.21. The molecule has 1 aromatic rings. The summed E-state index contributed by atoms with van der Waals surface area (Å²) in [4.78, 5) is 11.5. The zero-order valence-electron chi connectivity index (χ0n) is 9.55. The van der Waals surface area contributed by atoms with Crippen LogP contribution in [0.4, 0.5) is 13.2 Å². The molecule has 4 nitrogen and oxygen atoms in total. The van der Waals surface area contributed by atoms with E-state index in [0.29, 0.717) is 0 Å². The van der Waals surface area contributed by atoms with Gasteiger partial charge in [0.05, 0.1) is 12.2 Å². The van der Waals surface area contributed by atoms with Crippen molar-refractivity contribution in [2.24, 2.45) is 0 Å². The quantitative estimate of drug-likeness (QED) is 0.793. The third-order valence-electron chi connectivity index (χ3n) is 1.91. The molecule has 0 saturated heterocycles. The lowest BCUT2D eigenvalue weighted by atomic mass is 10.1. The van der Waals surface area contributed by atoms with E-state index in [1.807, 2.05) is 0 Å². The highest BCUT2D eigenvalue weighted by Gasteiger charge is 2.33. The summed E-state index contributed by atoms with van der Waals surface area (Å²) in [5, 5.41) is 8.78. The summed E-state index contributed by atoms with van der Waals surface area (Å²) in [6.45, 7) is 1.49. The summed E-state index contributed by atoms with van der Waals surface area (Å²) < 4.78 is 45.1. The normalized spacial score (nSPS) is 10.7. The number of alkyl halides is 3. The number of benzene rings is 1. The Hall–Kier alpha value is -1.75. The topological polar surface area (TPSA) is 59.3 Å². The number of hydrogen-bond donors (Lipinski definition) is 0. The minimum Gasteiger partial charge on any atom is -0.462 e. The van der Waals surface area contributed by atoms with Crippen LogP contribution in [0, 0.1) is 11.3 Å². The van der Waals surface area contributed by atoms with E-state index in [1.165, 1.54) is 6.92 Å². The van der Waals surface area contributed by atoms with Gasteiger partial charge in [-0.1, -0.05) is 0 Å². The van der Waals surface area contributed by atoms with Gasteiger partial charge in [0.25, 0.3) is 0 Å². The number of carbonyl (C=O) groups is 1. The lowest BCUT2D eigenvalue weighted by molar-refractivity contribution is -0.274. The number of halogens is 4. The maximum atomic E-state index is 12.2. The molecular formula is C11H7BrF3NO3. The van der Waals surface area contributed by atoms with Crippen LogP contribution in [-0.2, 0) is 4.74 Å². The number of ether oxygens (including phenoxy) is 2. The van der Waals surface area contributed by atoms with Crippen molar-refractivity contribution in [3.05, 3.63) is 27.7 Å². The van der Waals surface area contributed by atoms with Crippen molar-refractivity contribution in [2.45, 2.75) is 13.3 Å². The Balaban J connectivity index is 3.31. The highest BCUT2D eigenvalue weighted by Crippen LogP contribution is 2.32. The van der Waals surface area contributed by atoms with Crippen LogP contribution in [0.1, 0.15) is 22.8 Å². The van der Waals surface area contributed by atoms with E-state index in [9.17, 15) is 18.0 Å². The molecule has 0 amide bonds. The zero-order chi connectivity index (χ0) is 14.6. The zero-order valence-corrected chi connectivity index (χ0v) is 11.1. The first-order valence-corrected chi connectivity index (χ1v) is 5.74. The highest BCUT2D eigenvalue weighted by atomic mass is 79.9. The fourth-order valence-electron chi connectivity index (χ4n) is 1.22. The summed E-state index contributed by atoms with van der Waals surface area (Å²) in [6, 6.07) is 3.61. The largest absolute Gasteiger partial charge is 0.573 e. The molecule has 8 heteroatoms. The molecule has 0 atom stereocenters. The van der Waals surface area contributed by atoms with Crippen LogP contribution in [0.25, 0.3) is 0 Å². The van der Waals surface area contributed by atoms with Crippen molar-refractivity contribution < 1.29 is 27.4 Å². The molecule has 0 heterocycles. The predicted octanol–water partition coefficient (Wildman–Crippen LogP) is 3.40. The lowest BCUT2D eigenvalue weighted by Crippen LogP contribution is -2.19. The van der Waals surface area contributed by atoms with Gasteiger partial charge >= 0.3 is 12.3 Å². The van der Waals surface area contributed by atoms with Crippen LogP contribution in [0.5, 0.6) is 5.75 Å². The first-order valence-electron chi connectivity index (χ1n) is 4.95. The Bertz CT molecular complexity index is 537. The SMILES string of the molecule is CCOC(=O)c1cc(C#N)c(Br)cc1OC(F)(F)F. The number of esters is 1. The maximum Gasteiger partial charge on any atom is 0.573 e. The fraction of sp³-hybridized carbons (Fsp3) is 0.273. The third kappa shape index (κ3) is 4.13. The van der Waals surface area contributed by atoms with Gasteiger partial charge in [0, 0.05) is 4.47 Å². The average Bonchev–Trinajstić information content (AvgIpc) is 2.27. The molecule has 19 heavy (non-hydrogen) atoms. The predicted molar refractivity (Wildman–Crippen MR) is 61.5 cm³/mol. The minimum atomic E-state index is -4.95.